The fraction of sp³-hybridized carbons (Fsp3) is 0.645. The summed E-state index contributed by atoms with van der Waals surface area (Å²) in [5.41, 5.74) is 3.44. The standard InChI is InChI=1S/C31H50N4O3S/c1-11-33-29(24-18-25(30(3,4)5)28(38-10)26(19-24)31(6,7)8)39-22(2)23-12-15-35(16-13-23)27(37)20-34(9)17-14-32-21-36/h14,17-19,21-23H,11-13,15-16,20H2,1-10H3,(H,32,36)/b17-14-,33-29?. The van der Waals surface area contributed by atoms with Crippen LogP contribution in [0.4, 0.5) is 0 Å². The average Bonchev–Trinajstić information content (AvgIpc) is 2.86. The summed E-state index contributed by atoms with van der Waals surface area (Å²) in [6, 6.07) is 4.55. The highest BCUT2D eigenvalue weighted by Crippen LogP contribution is 2.42. The second-order valence-electron chi connectivity index (χ2n) is 12.4. The number of amides is 2. The first-order valence-corrected chi connectivity index (χ1v) is 14.9. The third kappa shape index (κ3) is 9.30. The molecule has 1 heterocycles. The molecule has 1 unspecified atom stereocenters. The molecule has 0 spiro atoms. The van der Waals surface area contributed by atoms with E-state index in [2.05, 4.69) is 72.8 Å². The van der Waals surface area contributed by atoms with Crippen LogP contribution in [0.1, 0.15) is 84.9 Å². The molecule has 1 aromatic rings. The van der Waals surface area contributed by atoms with Gasteiger partial charge >= 0.3 is 0 Å². The van der Waals surface area contributed by atoms with Crippen LogP contribution in [0.5, 0.6) is 5.75 Å². The van der Waals surface area contributed by atoms with Crippen LogP contribution in [-0.4, -0.2) is 72.7 Å². The van der Waals surface area contributed by atoms with Crippen molar-refractivity contribution < 1.29 is 14.3 Å². The minimum Gasteiger partial charge on any atom is -0.496 e. The molecule has 0 aliphatic carbocycles. The van der Waals surface area contributed by atoms with Gasteiger partial charge in [-0.3, -0.25) is 14.6 Å². The Bertz CT molecular complexity index is 996. The van der Waals surface area contributed by atoms with Crippen molar-refractivity contribution in [2.24, 2.45) is 10.9 Å². The lowest BCUT2D eigenvalue weighted by Crippen LogP contribution is -2.43. The fourth-order valence-electron chi connectivity index (χ4n) is 4.89. The van der Waals surface area contributed by atoms with Crippen LogP contribution in [0, 0.1) is 5.92 Å². The monoisotopic (exact) mass is 558 g/mol. The number of likely N-dealkylation sites (N-methyl/N-ethyl adjacent to an activating group) is 1. The zero-order chi connectivity index (χ0) is 29.4. The van der Waals surface area contributed by atoms with E-state index in [1.54, 1.807) is 18.2 Å². The summed E-state index contributed by atoms with van der Waals surface area (Å²) in [5.74, 6) is 1.60. The van der Waals surface area contributed by atoms with Crippen LogP contribution >= 0.6 is 11.8 Å². The topological polar surface area (TPSA) is 74.2 Å². The summed E-state index contributed by atoms with van der Waals surface area (Å²) in [6.07, 6.45) is 5.79. The molecule has 1 saturated heterocycles. The van der Waals surface area contributed by atoms with Crippen molar-refractivity contribution in [3.8, 4) is 5.75 Å². The number of nitrogens with zero attached hydrogens (tertiary/aromatic N) is 3. The van der Waals surface area contributed by atoms with E-state index in [0.29, 0.717) is 24.1 Å². The maximum atomic E-state index is 12.8. The van der Waals surface area contributed by atoms with Crippen LogP contribution in [0.3, 0.4) is 0 Å². The van der Waals surface area contributed by atoms with E-state index in [9.17, 15) is 9.59 Å². The number of thioether (sulfide) groups is 1. The Hall–Kier alpha value is -2.48. The van der Waals surface area contributed by atoms with Crippen molar-refractivity contribution in [1.29, 1.82) is 0 Å². The van der Waals surface area contributed by atoms with E-state index in [0.717, 1.165) is 48.8 Å². The maximum Gasteiger partial charge on any atom is 0.242 e. The molecule has 2 rings (SSSR count). The van der Waals surface area contributed by atoms with Gasteiger partial charge in [-0.15, -0.1) is 11.8 Å². The summed E-state index contributed by atoms with van der Waals surface area (Å²) >= 11 is 1.87. The first-order valence-electron chi connectivity index (χ1n) is 14.0. The number of aliphatic imine (C=N–C) groups is 1. The highest BCUT2D eigenvalue weighted by atomic mass is 32.2. The van der Waals surface area contributed by atoms with Crippen LogP contribution in [-0.2, 0) is 20.4 Å². The van der Waals surface area contributed by atoms with Crippen molar-refractivity contribution in [2.75, 3.05) is 40.3 Å². The molecule has 0 saturated carbocycles. The fourth-order valence-corrected chi connectivity index (χ4v) is 6.17. The summed E-state index contributed by atoms with van der Waals surface area (Å²) < 4.78 is 5.98. The van der Waals surface area contributed by atoms with Crippen molar-refractivity contribution >= 4 is 29.1 Å². The molecule has 1 aliphatic rings. The van der Waals surface area contributed by atoms with Crippen LogP contribution in [0.15, 0.2) is 29.5 Å². The van der Waals surface area contributed by atoms with Gasteiger partial charge in [0.25, 0.3) is 0 Å². The van der Waals surface area contributed by atoms with E-state index < -0.39 is 0 Å². The third-order valence-corrected chi connectivity index (χ3v) is 8.53. The Morgan fingerprint density at radius 3 is 2.21 bits per heavy atom. The molecule has 1 atom stereocenters. The van der Waals surface area contributed by atoms with Gasteiger partial charge in [0.1, 0.15) is 5.75 Å². The number of ether oxygens (including phenoxy) is 1. The lowest BCUT2D eigenvalue weighted by atomic mass is 9.78. The molecular weight excluding hydrogens is 508 g/mol. The molecule has 0 bridgehead atoms. The number of methoxy groups -OCH3 is 1. The van der Waals surface area contributed by atoms with Gasteiger partial charge in [0, 0.05) is 61.0 Å². The third-order valence-electron chi connectivity index (χ3n) is 7.19. The Labute approximate surface area is 240 Å². The second-order valence-corrected chi connectivity index (χ2v) is 13.8. The Balaban J connectivity index is 2.18. The number of carbonyl (C=O) groups is 2. The molecule has 218 valence electrons. The normalized spacial score (nSPS) is 16.4. The highest BCUT2D eigenvalue weighted by molar-refractivity contribution is 8.14. The first-order chi connectivity index (χ1) is 18.2. The zero-order valence-electron chi connectivity index (χ0n) is 25.8. The van der Waals surface area contributed by atoms with Gasteiger partial charge in [-0.25, -0.2) is 0 Å². The van der Waals surface area contributed by atoms with Crippen LogP contribution in [0.2, 0.25) is 0 Å². The number of rotatable bonds is 10. The maximum absolute atomic E-state index is 12.8. The SMILES string of the molecule is CCN=C(SC(C)C1CCN(C(=O)CN(C)/C=C\NC=O)CC1)c1cc(C(C)(C)C)c(OC)c(C(C)(C)C)c1. The molecule has 1 aliphatic heterocycles. The van der Waals surface area contributed by atoms with Gasteiger partial charge in [0.15, 0.2) is 0 Å². The molecule has 1 N–H and O–H groups in total. The summed E-state index contributed by atoms with van der Waals surface area (Å²) in [4.78, 5) is 31.9. The van der Waals surface area contributed by atoms with Crippen LogP contribution < -0.4 is 10.1 Å². The van der Waals surface area contributed by atoms with E-state index in [1.807, 2.05) is 23.7 Å². The Morgan fingerprint density at radius 2 is 1.74 bits per heavy atom. The molecule has 7 nitrogen and oxygen atoms in total. The van der Waals surface area contributed by atoms with Gasteiger partial charge in [-0.1, -0.05) is 48.5 Å². The predicted molar refractivity (Wildman–Crippen MR) is 165 cm³/mol. The summed E-state index contributed by atoms with van der Waals surface area (Å²) in [6.45, 7) is 20.4. The molecule has 0 radical (unpaired) electrons. The molecule has 8 heteroatoms. The van der Waals surface area contributed by atoms with Gasteiger partial charge in [0.05, 0.1) is 18.7 Å². The predicted octanol–water partition coefficient (Wildman–Crippen LogP) is 5.57. The molecule has 0 aromatic heterocycles. The van der Waals surface area contributed by atoms with E-state index in [4.69, 9.17) is 9.73 Å². The van der Waals surface area contributed by atoms with Gasteiger partial charge < -0.3 is 19.9 Å². The van der Waals surface area contributed by atoms with Gasteiger partial charge in [-0.2, -0.15) is 0 Å². The van der Waals surface area contributed by atoms with E-state index >= 15 is 0 Å². The minimum absolute atomic E-state index is 0.0663. The highest BCUT2D eigenvalue weighted by Gasteiger charge is 2.31. The summed E-state index contributed by atoms with van der Waals surface area (Å²) in [7, 11) is 3.60. The first kappa shape index (κ1) is 32.7. The minimum atomic E-state index is -0.0663. The molecule has 2 amide bonds. The lowest BCUT2D eigenvalue weighted by Gasteiger charge is -2.35. The molecular formula is C31H50N4O3S. The Kier molecular flexibility index (Phi) is 12.0. The molecule has 1 aromatic carbocycles. The largest absolute Gasteiger partial charge is 0.496 e. The number of nitrogens with one attached hydrogen (secondary N) is 1. The number of hydrogen-bond acceptors (Lipinski definition) is 6. The number of piperidine rings is 1. The van der Waals surface area contributed by atoms with Gasteiger partial charge in [0.2, 0.25) is 12.3 Å². The average molecular weight is 559 g/mol. The summed E-state index contributed by atoms with van der Waals surface area (Å²) in [5, 5.41) is 3.93. The second kappa shape index (κ2) is 14.2. The van der Waals surface area contributed by atoms with E-state index in [1.165, 1.54) is 17.3 Å². The van der Waals surface area contributed by atoms with Crippen molar-refractivity contribution in [3.05, 3.63) is 41.2 Å². The van der Waals surface area contributed by atoms with Crippen molar-refractivity contribution in [1.82, 2.24) is 15.1 Å². The van der Waals surface area contributed by atoms with Crippen molar-refractivity contribution in [2.45, 2.75) is 84.3 Å². The Morgan fingerprint density at radius 1 is 1.18 bits per heavy atom. The number of carbonyl (C=O) groups excluding carboxylic acids is 2. The number of likely N-dealkylation sites (tertiary alicyclic amines) is 1. The molecule has 1 fully saturated rings. The van der Waals surface area contributed by atoms with Crippen molar-refractivity contribution in [3.63, 3.8) is 0 Å². The van der Waals surface area contributed by atoms with Gasteiger partial charge in [-0.05, 0) is 48.6 Å². The number of hydrogen-bond donors (Lipinski definition) is 1. The lowest BCUT2D eigenvalue weighted by molar-refractivity contribution is -0.133. The molecule has 39 heavy (non-hydrogen) atoms. The number of benzene rings is 1. The van der Waals surface area contributed by atoms with Crippen LogP contribution in [0.25, 0.3) is 0 Å². The smallest absolute Gasteiger partial charge is 0.242 e. The zero-order valence-corrected chi connectivity index (χ0v) is 26.6. The van der Waals surface area contributed by atoms with E-state index in [-0.39, 0.29) is 16.7 Å². The quantitative estimate of drug-likeness (QED) is 0.231.